The Bertz CT molecular complexity index is 942. The fourth-order valence-corrected chi connectivity index (χ4v) is 5.49. The third-order valence-electron chi connectivity index (χ3n) is 4.12. The van der Waals surface area contributed by atoms with Gasteiger partial charge in [0.15, 0.2) is 15.0 Å². The van der Waals surface area contributed by atoms with Gasteiger partial charge < -0.3 is 9.88 Å². The van der Waals surface area contributed by atoms with Gasteiger partial charge in [-0.2, -0.15) is 0 Å². The molecule has 1 amide bonds. The van der Waals surface area contributed by atoms with Gasteiger partial charge in [-0.05, 0) is 30.7 Å². The number of nitrogens with zero attached hydrogens (tertiary/aromatic N) is 3. The van der Waals surface area contributed by atoms with Crippen molar-refractivity contribution in [2.75, 3.05) is 22.6 Å². The monoisotopic (exact) mass is 426 g/mol. The molecule has 1 aliphatic rings. The van der Waals surface area contributed by atoms with E-state index < -0.39 is 9.84 Å². The summed E-state index contributed by atoms with van der Waals surface area (Å²) in [4.78, 5) is 12.2. The highest BCUT2D eigenvalue weighted by molar-refractivity contribution is 7.99. The van der Waals surface area contributed by atoms with Gasteiger partial charge in [0.05, 0.1) is 17.3 Å². The van der Waals surface area contributed by atoms with Crippen LogP contribution < -0.4 is 5.32 Å². The number of thioether (sulfide) groups is 1. The number of sulfone groups is 1. The Morgan fingerprint density at radius 3 is 2.74 bits per heavy atom. The first kappa shape index (κ1) is 19.9. The molecule has 2 heterocycles. The van der Waals surface area contributed by atoms with Gasteiger partial charge >= 0.3 is 0 Å². The molecular formula is C17H19ClN4O3S2. The molecule has 1 unspecified atom stereocenters. The van der Waals surface area contributed by atoms with Crippen molar-refractivity contribution in [2.45, 2.75) is 24.0 Å². The van der Waals surface area contributed by atoms with Crippen LogP contribution in [0.5, 0.6) is 0 Å². The molecule has 0 spiro atoms. The van der Waals surface area contributed by atoms with Gasteiger partial charge in [0.25, 0.3) is 0 Å². The van der Waals surface area contributed by atoms with Crippen molar-refractivity contribution >= 4 is 44.8 Å². The van der Waals surface area contributed by atoms with Crippen molar-refractivity contribution < 1.29 is 13.2 Å². The first-order valence-corrected chi connectivity index (χ1v) is 11.5. The van der Waals surface area contributed by atoms with E-state index in [9.17, 15) is 13.2 Å². The minimum atomic E-state index is -3.02. The molecule has 27 heavy (non-hydrogen) atoms. The molecule has 7 nitrogen and oxygen atoms in total. The zero-order valence-electron chi connectivity index (χ0n) is 14.5. The highest BCUT2D eigenvalue weighted by Crippen LogP contribution is 2.30. The molecule has 3 rings (SSSR count). The van der Waals surface area contributed by atoms with Crippen LogP contribution >= 0.6 is 23.4 Å². The van der Waals surface area contributed by atoms with Crippen LogP contribution in [0.25, 0.3) is 0 Å². The number of amides is 1. The molecule has 1 N–H and O–H groups in total. The van der Waals surface area contributed by atoms with Crippen molar-refractivity contribution in [1.29, 1.82) is 0 Å². The van der Waals surface area contributed by atoms with E-state index >= 15 is 0 Å². The van der Waals surface area contributed by atoms with Crippen LogP contribution in [0, 0.1) is 0 Å². The normalized spacial score (nSPS) is 18.3. The molecule has 1 fully saturated rings. The first-order chi connectivity index (χ1) is 12.9. The molecule has 1 aliphatic heterocycles. The summed E-state index contributed by atoms with van der Waals surface area (Å²) < 4.78 is 25.3. The number of benzene rings is 1. The molecular weight excluding hydrogens is 408 g/mol. The summed E-state index contributed by atoms with van der Waals surface area (Å²) >= 11 is 7.08. The number of carbonyl (C=O) groups is 1. The summed E-state index contributed by atoms with van der Waals surface area (Å²) in [6.07, 6.45) is 2.24. The molecule has 2 aromatic rings. The number of aromatic nitrogens is 3. The van der Waals surface area contributed by atoms with Gasteiger partial charge in [-0.3, -0.25) is 4.79 Å². The summed E-state index contributed by atoms with van der Waals surface area (Å²) in [7, 11) is -3.02. The Labute approximate surface area is 167 Å². The van der Waals surface area contributed by atoms with Gasteiger partial charge in [0.2, 0.25) is 5.91 Å². The molecule has 1 aromatic carbocycles. The van der Waals surface area contributed by atoms with Crippen LogP contribution in [0.15, 0.2) is 42.1 Å². The molecule has 1 aromatic heterocycles. The number of hydrogen-bond acceptors (Lipinski definition) is 6. The number of carbonyl (C=O) groups excluding carboxylic acids is 1. The number of hydrogen-bond donors (Lipinski definition) is 1. The molecule has 0 bridgehead atoms. The van der Waals surface area contributed by atoms with E-state index in [1.807, 2.05) is 4.57 Å². The highest BCUT2D eigenvalue weighted by atomic mass is 35.5. The van der Waals surface area contributed by atoms with E-state index in [0.717, 1.165) is 0 Å². The van der Waals surface area contributed by atoms with Crippen molar-refractivity contribution in [2.24, 2.45) is 0 Å². The average Bonchev–Trinajstić information content (AvgIpc) is 3.18. The molecule has 0 saturated carbocycles. The quantitative estimate of drug-likeness (QED) is 0.540. The maximum Gasteiger partial charge on any atom is 0.234 e. The zero-order chi connectivity index (χ0) is 19.4. The summed E-state index contributed by atoms with van der Waals surface area (Å²) in [5.74, 6) is 0.701. The largest absolute Gasteiger partial charge is 0.325 e. The smallest absolute Gasteiger partial charge is 0.234 e. The van der Waals surface area contributed by atoms with Crippen molar-refractivity contribution in [1.82, 2.24) is 14.8 Å². The average molecular weight is 427 g/mol. The Kier molecular flexibility index (Phi) is 6.23. The SMILES string of the molecule is C=CCn1c(SCC(=O)Nc2ccc(Cl)cc2)nnc1C1CCS(=O)(=O)C1. The molecule has 1 saturated heterocycles. The lowest BCUT2D eigenvalue weighted by Crippen LogP contribution is -2.15. The second-order valence-corrected chi connectivity index (χ2v) is 9.79. The van der Waals surface area contributed by atoms with Crippen LogP contribution in [0.1, 0.15) is 18.2 Å². The van der Waals surface area contributed by atoms with Crippen molar-refractivity contribution in [3.63, 3.8) is 0 Å². The fourth-order valence-electron chi connectivity index (χ4n) is 2.87. The summed E-state index contributed by atoms with van der Waals surface area (Å²) in [5.41, 5.74) is 0.661. The lowest BCUT2D eigenvalue weighted by Gasteiger charge is -2.11. The van der Waals surface area contributed by atoms with E-state index in [1.54, 1.807) is 30.3 Å². The molecule has 0 radical (unpaired) electrons. The molecule has 0 aliphatic carbocycles. The minimum absolute atomic E-state index is 0.0873. The van der Waals surface area contributed by atoms with Crippen LogP contribution in [0.2, 0.25) is 5.02 Å². The third-order valence-corrected chi connectivity index (χ3v) is 7.10. The van der Waals surface area contributed by atoms with Crippen molar-refractivity contribution in [3.8, 4) is 0 Å². The van der Waals surface area contributed by atoms with Gasteiger partial charge in [0, 0.05) is 23.2 Å². The number of allylic oxidation sites excluding steroid dienone is 1. The molecule has 10 heteroatoms. The Balaban J connectivity index is 1.66. The molecule has 1 atom stereocenters. The predicted octanol–water partition coefficient (Wildman–Crippen LogP) is 2.75. The Hall–Kier alpha value is -1.84. The van der Waals surface area contributed by atoms with Crippen molar-refractivity contribution in [3.05, 3.63) is 47.8 Å². The summed E-state index contributed by atoms with van der Waals surface area (Å²) in [6.45, 7) is 4.20. The number of rotatable bonds is 7. The maximum absolute atomic E-state index is 12.2. The minimum Gasteiger partial charge on any atom is -0.325 e. The third kappa shape index (κ3) is 5.12. The highest BCUT2D eigenvalue weighted by Gasteiger charge is 2.33. The van der Waals surface area contributed by atoms with E-state index in [2.05, 4.69) is 22.1 Å². The zero-order valence-corrected chi connectivity index (χ0v) is 16.9. The van der Waals surface area contributed by atoms with Gasteiger partial charge in [-0.1, -0.05) is 29.4 Å². The maximum atomic E-state index is 12.2. The van der Waals surface area contributed by atoms with Crippen LogP contribution in [0.3, 0.4) is 0 Å². The summed E-state index contributed by atoms with van der Waals surface area (Å²) in [5, 5.41) is 12.3. The number of anilines is 1. The van der Waals surface area contributed by atoms with Gasteiger partial charge in [-0.25, -0.2) is 8.42 Å². The standard InChI is InChI=1S/C17H19ClN4O3S2/c1-2-8-22-16(12-7-9-27(24,25)11-12)20-21-17(22)26-10-15(23)19-14-5-3-13(18)4-6-14/h2-6,12H,1,7-11H2,(H,19,23). The van der Waals surface area contributed by atoms with Crippen LogP contribution in [0.4, 0.5) is 5.69 Å². The second kappa shape index (κ2) is 8.45. The Morgan fingerprint density at radius 1 is 1.37 bits per heavy atom. The van der Waals surface area contributed by atoms with E-state index in [4.69, 9.17) is 11.6 Å². The van der Waals surface area contributed by atoms with Crippen LogP contribution in [-0.4, -0.2) is 46.3 Å². The van der Waals surface area contributed by atoms with Gasteiger partial charge in [-0.15, -0.1) is 16.8 Å². The first-order valence-electron chi connectivity index (χ1n) is 8.30. The second-order valence-electron chi connectivity index (χ2n) is 6.18. The summed E-state index contributed by atoms with van der Waals surface area (Å²) in [6, 6.07) is 6.85. The Morgan fingerprint density at radius 2 is 2.11 bits per heavy atom. The van der Waals surface area contributed by atoms with E-state index in [0.29, 0.717) is 34.7 Å². The number of nitrogens with one attached hydrogen (secondary N) is 1. The van der Waals surface area contributed by atoms with E-state index in [-0.39, 0.29) is 29.1 Å². The number of halogens is 1. The predicted molar refractivity (Wildman–Crippen MR) is 107 cm³/mol. The van der Waals surface area contributed by atoms with Gasteiger partial charge in [0.1, 0.15) is 5.82 Å². The van der Waals surface area contributed by atoms with Crippen LogP contribution in [-0.2, 0) is 21.2 Å². The topological polar surface area (TPSA) is 93.9 Å². The molecule has 144 valence electrons. The lowest BCUT2D eigenvalue weighted by atomic mass is 10.1. The van der Waals surface area contributed by atoms with E-state index in [1.165, 1.54) is 11.8 Å². The fraction of sp³-hybridized carbons (Fsp3) is 0.353. The lowest BCUT2D eigenvalue weighted by molar-refractivity contribution is -0.113.